The molecule has 0 aliphatic heterocycles. The average Bonchev–Trinajstić information content (AvgIpc) is 2.75. The molecule has 0 saturated heterocycles. The predicted molar refractivity (Wildman–Crippen MR) is 89.5 cm³/mol. The summed E-state index contributed by atoms with van der Waals surface area (Å²) in [5.41, 5.74) is 8.71. The van der Waals surface area contributed by atoms with E-state index in [0.29, 0.717) is 0 Å². The van der Waals surface area contributed by atoms with E-state index in [-0.39, 0.29) is 0 Å². The van der Waals surface area contributed by atoms with Crippen LogP contribution in [0.15, 0.2) is 36.4 Å². The van der Waals surface area contributed by atoms with Crippen molar-refractivity contribution in [3.8, 4) is 11.1 Å². The van der Waals surface area contributed by atoms with E-state index in [4.69, 9.17) is 0 Å². The molecule has 0 aromatic heterocycles. The van der Waals surface area contributed by atoms with Gasteiger partial charge in [0.1, 0.15) is 0 Å². The first-order valence-corrected chi connectivity index (χ1v) is 7.57. The van der Waals surface area contributed by atoms with Gasteiger partial charge in [0, 0.05) is 13.1 Å². The summed E-state index contributed by atoms with van der Waals surface area (Å²) >= 11 is 0. The van der Waals surface area contributed by atoms with E-state index in [9.17, 15) is 0 Å². The van der Waals surface area contributed by atoms with Crippen molar-refractivity contribution in [3.05, 3.63) is 58.7 Å². The first-order chi connectivity index (χ1) is 10.0. The monoisotopic (exact) mass is 280 g/mol. The number of fused-ring (bicyclic) bond motifs is 3. The molecule has 1 aliphatic rings. The lowest BCUT2D eigenvalue weighted by atomic mass is 9.98. The Balaban J connectivity index is 2.01. The van der Waals surface area contributed by atoms with Gasteiger partial charge in [-0.2, -0.15) is 0 Å². The maximum atomic E-state index is 2.38. The Bertz CT molecular complexity index is 657. The highest BCUT2D eigenvalue weighted by Gasteiger charge is 2.21. The van der Waals surface area contributed by atoms with Crippen LogP contribution in [0.3, 0.4) is 0 Å². The van der Waals surface area contributed by atoms with Crippen LogP contribution in [-0.2, 0) is 19.5 Å². The van der Waals surface area contributed by atoms with Crippen molar-refractivity contribution in [2.45, 2.75) is 19.5 Å². The zero-order chi connectivity index (χ0) is 15.0. The first kappa shape index (κ1) is 14.3. The maximum Gasteiger partial charge on any atom is 0.0233 e. The SMILES string of the molecule is CN(C)Cc1ccc2c(c1)Cc1cccc(CN(C)C)c1-2. The Labute approximate surface area is 128 Å². The van der Waals surface area contributed by atoms with Gasteiger partial charge in [0.15, 0.2) is 0 Å². The second-order valence-corrected chi connectivity index (χ2v) is 6.60. The minimum Gasteiger partial charge on any atom is -0.305 e. The van der Waals surface area contributed by atoms with Gasteiger partial charge in [-0.15, -0.1) is 0 Å². The lowest BCUT2D eigenvalue weighted by molar-refractivity contribution is 0.402. The van der Waals surface area contributed by atoms with E-state index in [1.807, 2.05) is 0 Å². The van der Waals surface area contributed by atoms with Gasteiger partial charge in [0.25, 0.3) is 0 Å². The number of benzene rings is 2. The van der Waals surface area contributed by atoms with Crippen LogP contribution in [-0.4, -0.2) is 38.0 Å². The zero-order valence-electron chi connectivity index (χ0n) is 13.5. The van der Waals surface area contributed by atoms with Gasteiger partial charge >= 0.3 is 0 Å². The van der Waals surface area contributed by atoms with E-state index in [1.54, 1.807) is 0 Å². The molecule has 0 radical (unpaired) electrons. The molecular formula is C19H24N2. The quantitative estimate of drug-likeness (QED) is 0.723. The van der Waals surface area contributed by atoms with Gasteiger partial charge in [-0.1, -0.05) is 36.4 Å². The standard InChI is InChI=1S/C19H24N2/c1-20(2)12-14-8-9-18-17(10-14)11-15-6-5-7-16(19(15)18)13-21(3)4/h5-10H,11-13H2,1-4H3. The summed E-state index contributed by atoms with van der Waals surface area (Å²) in [5, 5.41) is 0. The fraction of sp³-hybridized carbons (Fsp3) is 0.368. The molecule has 0 saturated carbocycles. The Morgan fingerprint density at radius 1 is 0.857 bits per heavy atom. The van der Waals surface area contributed by atoms with Gasteiger partial charge in [-0.05, 0) is 68.0 Å². The molecule has 0 fully saturated rings. The van der Waals surface area contributed by atoms with Gasteiger partial charge in [0.05, 0.1) is 0 Å². The molecule has 0 atom stereocenters. The van der Waals surface area contributed by atoms with Crippen LogP contribution >= 0.6 is 0 Å². The Morgan fingerprint density at radius 3 is 2.33 bits per heavy atom. The summed E-state index contributed by atoms with van der Waals surface area (Å²) in [4.78, 5) is 4.47. The molecule has 0 unspecified atom stereocenters. The molecule has 0 N–H and O–H groups in total. The van der Waals surface area contributed by atoms with Crippen molar-refractivity contribution in [3.63, 3.8) is 0 Å². The largest absolute Gasteiger partial charge is 0.305 e. The van der Waals surface area contributed by atoms with Gasteiger partial charge in [0.2, 0.25) is 0 Å². The van der Waals surface area contributed by atoms with E-state index in [0.717, 1.165) is 19.5 Å². The molecule has 2 aromatic rings. The molecule has 3 rings (SSSR count). The molecule has 0 amide bonds. The third-order valence-corrected chi connectivity index (χ3v) is 4.04. The summed E-state index contributed by atoms with van der Waals surface area (Å²) in [7, 11) is 8.51. The van der Waals surface area contributed by atoms with Crippen molar-refractivity contribution in [2.24, 2.45) is 0 Å². The van der Waals surface area contributed by atoms with E-state index in [2.05, 4.69) is 74.4 Å². The van der Waals surface area contributed by atoms with E-state index < -0.39 is 0 Å². The summed E-state index contributed by atoms with van der Waals surface area (Å²) in [6.07, 6.45) is 1.08. The lowest BCUT2D eigenvalue weighted by Gasteiger charge is -2.15. The highest BCUT2D eigenvalue weighted by molar-refractivity contribution is 5.79. The molecule has 1 aliphatic carbocycles. The Morgan fingerprint density at radius 2 is 1.62 bits per heavy atom. The van der Waals surface area contributed by atoms with Crippen LogP contribution in [0.1, 0.15) is 22.3 Å². The second-order valence-electron chi connectivity index (χ2n) is 6.60. The topological polar surface area (TPSA) is 6.48 Å². The minimum atomic E-state index is 1.00. The van der Waals surface area contributed by atoms with Crippen molar-refractivity contribution in [1.82, 2.24) is 9.80 Å². The molecule has 2 heteroatoms. The maximum absolute atomic E-state index is 2.38. The van der Waals surface area contributed by atoms with Crippen LogP contribution in [0.25, 0.3) is 11.1 Å². The lowest BCUT2D eigenvalue weighted by Crippen LogP contribution is -2.11. The van der Waals surface area contributed by atoms with Crippen molar-refractivity contribution < 1.29 is 0 Å². The third-order valence-electron chi connectivity index (χ3n) is 4.04. The number of nitrogens with zero attached hydrogens (tertiary/aromatic N) is 2. The smallest absolute Gasteiger partial charge is 0.0233 e. The number of hydrogen-bond donors (Lipinski definition) is 0. The molecule has 110 valence electrons. The van der Waals surface area contributed by atoms with Gasteiger partial charge in [-0.25, -0.2) is 0 Å². The predicted octanol–water partition coefficient (Wildman–Crippen LogP) is 3.38. The normalized spacial score (nSPS) is 12.9. The van der Waals surface area contributed by atoms with Crippen molar-refractivity contribution >= 4 is 0 Å². The summed E-state index contributed by atoms with van der Waals surface area (Å²) in [5.74, 6) is 0. The fourth-order valence-corrected chi connectivity index (χ4v) is 3.32. The Hall–Kier alpha value is -1.64. The highest BCUT2D eigenvalue weighted by atomic mass is 15.1. The minimum absolute atomic E-state index is 1.00. The van der Waals surface area contributed by atoms with Crippen LogP contribution in [0.4, 0.5) is 0 Å². The highest BCUT2D eigenvalue weighted by Crippen LogP contribution is 2.39. The van der Waals surface area contributed by atoms with Crippen LogP contribution in [0, 0.1) is 0 Å². The molecule has 0 heterocycles. The van der Waals surface area contributed by atoms with Crippen molar-refractivity contribution in [1.29, 1.82) is 0 Å². The molecule has 21 heavy (non-hydrogen) atoms. The Kier molecular flexibility index (Phi) is 3.83. The van der Waals surface area contributed by atoms with Crippen LogP contribution < -0.4 is 0 Å². The van der Waals surface area contributed by atoms with Gasteiger partial charge in [-0.3, -0.25) is 0 Å². The molecule has 2 aromatic carbocycles. The van der Waals surface area contributed by atoms with E-state index >= 15 is 0 Å². The van der Waals surface area contributed by atoms with Crippen LogP contribution in [0.2, 0.25) is 0 Å². The molecule has 2 nitrogen and oxygen atoms in total. The van der Waals surface area contributed by atoms with Crippen molar-refractivity contribution in [2.75, 3.05) is 28.2 Å². The summed E-state index contributed by atoms with van der Waals surface area (Å²) in [6, 6.07) is 13.7. The molecule has 0 spiro atoms. The third kappa shape index (κ3) is 2.87. The van der Waals surface area contributed by atoms with Crippen LogP contribution in [0.5, 0.6) is 0 Å². The average molecular weight is 280 g/mol. The summed E-state index contributed by atoms with van der Waals surface area (Å²) < 4.78 is 0. The molecular weight excluding hydrogens is 256 g/mol. The van der Waals surface area contributed by atoms with E-state index in [1.165, 1.54) is 33.4 Å². The number of hydrogen-bond acceptors (Lipinski definition) is 2. The second kappa shape index (κ2) is 5.63. The van der Waals surface area contributed by atoms with Gasteiger partial charge < -0.3 is 9.80 Å². The zero-order valence-corrected chi connectivity index (χ0v) is 13.5. The number of rotatable bonds is 4. The fourth-order valence-electron chi connectivity index (χ4n) is 3.32. The molecule has 0 bridgehead atoms. The first-order valence-electron chi connectivity index (χ1n) is 7.57. The summed E-state index contributed by atoms with van der Waals surface area (Å²) in [6.45, 7) is 2.01.